The summed E-state index contributed by atoms with van der Waals surface area (Å²) in [4.78, 5) is 10.4. The zero-order chi connectivity index (χ0) is 8.27. The van der Waals surface area contributed by atoms with Crippen LogP contribution in [0.1, 0.15) is 13.3 Å². The van der Waals surface area contributed by atoms with Crippen molar-refractivity contribution < 1.29 is 14.6 Å². The zero-order valence-electron chi connectivity index (χ0n) is 6.54. The van der Waals surface area contributed by atoms with Crippen molar-refractivity contribution in [3.63, 3.8) is 0 Å². The molecule has 1 saturated heterocycles. The lowest BCUT2D eigenvalue weighted by atomic mass is 10.2. The third kappa shape index (κ3) is 2.17. The van der Waals surface area contributed by atoms with Crippen molar-refractivity contribution in [2.75, 3.05) is 13.2 Å². The van der Waals surface area contributed by atoms with E-state index in [0.717, 1.165) is 0 Å². The summed E-state index contributed by atoms with van der Waals surface area (Å²) >= 11 is 0. The number of hydrogen-bond acceptors (Lipinski definition) is 3. The van der Waals surface area contributed by atoms with Crippen LogP contribution in [0.5, 0.6) is 0 Å². The molecule has 0 bridgehead atoms. The summed E-state index contributed by atoms with van der Waals surface area (Å²) in [5, 5.41) is 11.4. The van der Waals surface area contributed by atoms with Crippen LogP contribution in [0.2, 0.25) is 0 Å². The van der Waals surface area contributed by atoms with Gasteiger partial charge in [0.1, 0.15) is 6.04 Å². The van der Waals surface area contributed by atoms with Crippen molar-refractivity contribution in [1.82, 2.24) is 5.32 Å². The summed E-state index contributed by atoms with van der Waals surface area (Å²) in [6.45, 7) is 3.22. The molecule has 1 rings (SSSR count). The van der Waals surface area contributed by atoms with Crippen LogP contribution in [-0.2, 0) is 9.53 Å². The smallest absolute Gasteiger partial charge is 0.320 e. The number of carboxylic acids is 1. The van der Waals surface area contributed by atoms with Gasteiger partial charge in [-0.2, -0.15) is 0 Å². The molecule has 0 amide bonds. The van der Waals surface area contributed by atoms with Crippen LogP contribution in [0.25, 0.3) is 0 Å². The highest BCUT2D eigenvalue weighted by Crippen LogP contribution is 2.09. The zero-order valence-corrected chi connectivity index (χ0v) is 6.54. The van der Waals surface area contributed by atoms with Gasteiger partial charge in [0.05, 0.1) is 6.10 Å². The molecule has 11 heavy (non-hydrogen) atoms. The van der Waals surface area contributed by atoms with Gasteiger partial charge in [0.2, 0.25) is 0 Å². The van der Waals surface area contributed by atoms with Crippen molar-refractivity contribution in [2.24, 2.45) is 0 Å². The van der Waals surface area contributed by atoms with Gasteiger partial charge in [0.15, 0.2) is 0 Å². The molecule has 64 valence electrons. The standard InChI is InChI=1S/C7H13NO3/c1-2-11-5-3-6(7(9)10)8-4-5/h5-6,8H,2-4H2,1H3,(H,9,10)/t5-,6+/m1/s1. The van der Waals surface area contributed by atoms with E-state index in [2.05, 4.69) is 5.32 Å². The minimum atomic E-state index is -0.785. The average Bonchev–Trinajstić information content (AvgIpc) is 2.37. The van der Waals surface area contributed by atoms with E-state index in [1.165, 1.54) is 0 Å². The predicted molar refractivity (Wildman–Crippen MR) is 39.5 cm³/mol. The Morgan fingerprint density at radius 3 is 3.00 bits per heavy atom. The Hall–Kier alpha value is -0.610. The summed E-state index contributed by atoms with van der Waals surface area (Å²) in [7, 11) is 0. The van der Waals surface area contributed by atoms with E-state index in [1.807, 2.05) is 6.92 Å². The van der Waals surface area contributed by atoms with E-state index < -0.39 is 12.0 Å². The lowest BCUT2D eigenvalue weighted by Crippen LogP contribution is -2.29. The number of ether oxygens (including phenoxy) is 1. The second kappa shape index (κ2) is 3.69. The molecular weight excluding hydrogens is 146 g/mol. The molecule has 1 aliphatic heterocycles. The molecule has 0 aromatic heterocycles. The number of carbonyl (C=O) groups is 1. The second-order valence-corrected chi connectivity index (χ2v) is 2.61. The maximum Gasteiger partial charge on any atom is 0.320 e. The lowest BCUT2D eigenvalue weighted by Gasteiger charge is -2.06. The summed E-state index contributed by atoms with van der Waals surface area (Å²) < 4.78 is 5.26. The maximum absolute atomic E-state index is 10.4. The molecule has 0 saturated carbocycles. The molecule has 0 aromatic carbocycles. The van der Waals surface area contributed by atoms with Crippen LogP contribution in [0, 0.1) is 0 Å². The molecular formula is C7H13NO3. The van der Waals surface area contributed by atoms with Crippen LogP contribution in [0.4, 0.5) is 0 Å². The quantitative estimate of drug-likeness (QED) is 0.600. The Kier molecular flexibility index (Phi) is 2.84. The molecule has 0 spiro atoms. The Morgan fingerprint density at radius 1 is 1.82 bits per heavy atom. The van der Waals surface area contributed by atoms with Gasteiger partial charge in [-0.25, -0.2) is 0 Å². The van der Waals surface area contributed by atoms with Gasteiger partial charge >= 0.3 is 5.97 Å². The highest BCUT2D eigenvalue weighted by atomic mass is 16.5. The molecule has 1 aliphatic rings. The van der Waals surface area contributed by atoms with Gasteiger partial charge in [-0.05, 0) is 6.92 Å². The highest BCUT2D eigenvalue weighted by molar-refractivity contribution is 5.73. The molecule has 4 nitrogen and oxygen atoms in total. The van der Waals surface area contributed by atoms with Crippen LogP contribution in [-0.4, -0.2) is 36.4 Å². The van der Waals surface area contributed by atoms with Crippen LogP contribution >= 0.6 is 0 Å². The van der Waals surface area contributed by atoms with E-state index in [4.69, 9.17) is 9.84 Å². The average molecular weight is 159 g/mol. The van der Waals surface area contributed by atoms with E-state index >= 15 is 0 Å². The maximum atomic E-state index is 10.4. The third-order valence-electron chi connectivity index (χ3n) is 1.79. The summed E-state index contributed by atoms with van der Waals surface area (Å²) in [6.07, 6.45) is 0.671. The molecule has 0 aromatic rings. The van der Waals surface area contributed by atoms with Crippen LogP contribution < -0.4 is 5.32 Å². The summed E-state index contributed by atoms with van der Waals surface area (Å²) in [5.41, 5.74) is 0. The van der Waals surface area contributed by atoms with Crippen molar-refractivity contribution >= 4 is 5.97 Å². The van der Waals surface area contributed by atoms with Crippen molar-refractivity contribution in [3.05, 3.63) is 0 Å². The molecule has 0 radical (unpaired) electrons. The minimum Gasteiger partial charge on any atom is -0.480 e. The first-order chi connectivity index (χ1) is 5.24. The van der Waals surface area contributed by atoms with Crippen LogP contribution in [0.3, 0.4) is 0 Å². The highest BCUT2D eigenvalue weighted by Gasteiger charge is 2.28. The Labute approximate surface area is 65.5 Å². The van der Waals surface area contributed by atoms with Crippen molar-refractivity contribution in [3.8, 4) is 0 Å². The molecule has 0 aliphatic carbocycles. The molecule has 2 N–H and O–H groups in total. The number of nitrogens with one attached hydrogen (secondary N) is 1. The topological polar surface area (TPSA) is 58.6 Å². The van der Waals surface area contributed by atoms with Gasteiger partial charge in [0.25, 0.3) is 0 Å². The first-order valence-electron chi connectivity index (χ1n) is 3.81. The largest absolute Gasteiger partial charge is 0.480 e. The number of aliphatic carboxylic acids is 1. The normalized spacial score (nSPS) is 30.6. The van der Waals surface area contributed by atoms with Crippen molar-refractivity contribution in [2.45, 2.75) is 25.5 Å². The first kappa shape index (κ1) is 8.49. The van der Waals surface area contributed by atoms with Gasteiger partial charge in [-0.3, -0.25) is 4.79 Å². The van der Waals surface area contributed by atoms with Gasteiger partial charge in [0, 0.05) is 19.6 Å². The fraction of sp³-hybridized carbons (Fsp3) is 0.857. The summed E-state index contributed by atoms with van der Waals surface area (Å²) in [6, 6.07) is -0.411. The Balaban J connectivity index is 2.29. The third-order valence-corrected chi connectivity index (χ3v) is 1.79. The van der Waals surface area contributed by atoms with E-state index in [0.29, 0.717) is 19.6 Å². The van der Waals surface area contributed by atoms with Gasteiger partial charge in [-0.1, -0.05) is 0 Å². The first-order valence-corrected chi connectivity index (χ1v) is 3.81. The van der Waals surface area contributed by atoms with E-state index in [9.17, 15) is 4.79 Å². The summed E-state index contributed by atoms with van der Waals surface area (Å²) in [5.74, 6) is -0.785. The molecule has 0 unspecified atom stereocenters. The fourth-order valence-electron chi connectivity index (χ4n) is 1.25. The SMILES string of the molecule is CCO[C@H]1CN[C@H](C(=O)O)C1. The second-order valence-electron chi connectivity index (χ2n) is 2.61. The van der Waals surface area contributed by atoms with Gasteiger partial charge in [-0.15, -0.1) is 0 Å². The molecule has 1 heterocycles. The minimum absolute atomic E-state index is 0.0844. The Bertz CT molecular complexity index is 149. The predicted octanol–water partition coefficient (Wildman–Crippen LogP) is -0.162. The number of carboxylic acid groups (broad SMARTS) is 1. The fourth-order valence-corrected chi connectivity index (χ4v) is 1.25. The van der Waals surface area contributed by atoms with Crippen LogP contribution in [0.15, 0.2) is 0 Å². The van der Waals surface area contributed by atoms with E-state index in [1.54, 1.807) is 0 Å². The lowest BCUT2D eigenvalue weighted by molar-refractivity contribution is -0.139. The van der Waals surface area contributed by atoms with Gasteiger partial charge < -0.3 is 15.2 Å². The molecule has 2 atom stereocenters. The van der Waals surface area contributed by atoms with Crippen molar-refractivity contribution in [1.29, 1.82) is 0 Å². The number of hydrogen-bond donors (Lipinski definition) is 2. The monoisotopic (exact) mass is 159 g/mol. The number of rotatable bonds is 3. The molecule has 4 heteroatoms. The molecule has 1 fully saturated rings. The van der Waals surface area contributed by atoms with E-state index in [-0.39, 0.29) is 6.10 Å². The Morgan fingerprint density at radius 2 is 2.55 bits per heavy atom.